The van der Waals surface area contributed by atoms with Gasteiger partial charge < -0.3 is 14.6 Å². The molecule has 1 atom stereocenters. The Hall–Kier alpha value is -1.36. The van der Waals surface area contributed by atoms with Crippen LogP contribution in [0.25, 0.3) is 0 Å². The average molecular weight is 595 g/mol. The summed E-state index contributed by atoms with van der Waals surface area (Å²) in [6.45, 7) is 4.27. The molecule has 0 aromatic rings. The Balaban J connectivity index is 3.41. The third-order valence-electron chi connectivity index (χ3n) is 8.00. The first-order valence-corrected chi connectivity index (χ1v) is 18.2. The minimum absolute atomic E-state index is 0.119. The molecule has 0 rings (SSSR count). The number of allylic oxidation sites excluding steroid dienone is 2. The molecule has 0 spiro atoms. The largest absolute Gasteiger partial charge is 0.463 e. The molecular formula is C37H70O5. The summed E-state index contributed by atoms with van der Waals surface area (Å²) in [6.07, 6.45) is 37.0. The maximum Gasteiger partial charge on any atom is 0.305 e. The van der Waals surface area contributed by atoms with Crippen molar-refractivity contribution in [2.24, 2.45) is 0 Å². The first-order chi connectivity index (χ1) is 20.6. The fourth-order valence-electron chi connectivity index (χ4n) is 5.21. The molecule has 0 aromatic heterocycles. The van der Waals surface area contributed by atoms with Crippen LogP contribution in [0.3, 0.4) is 0 Å². The van der Waals surface area contributed by atoms with Gasteiger partial charge in [-0.05, 0) is 32.1 Å². The zero-order valence-electron chi connectivity index (χ0n) is 28.0. The number of carbonyl (C=O) groups excluding carboxylic acids is 2. The van der Waals surface area contributed by atoms with E-state index in [1.165, 1.54) is 135 Å². The van der Waals surface area contributed by atoms with Crippen LogP contribution in [0.2, 0.25) is 0 Å². The summed E-state index contributed by atoms with van der Waals surface area (Å²) in [5.74, 6) is -0.595. The summed E-state index contributed by atoms with van der Waals surface area (Å²) in [5, 5.41) is 9.96. The zero-order chi connectivity index (χ0) is 30.8. The predicted octanol–water partition coefficient (Wildman–Crippen LogP) is 11.0. The number of esters is 2. The van der Waals surface area contributed by atoms with E-state index in [4.69, 9.17) is 9.47 Å². The molecular weight excluding hydrogens is 524 g/mol. The third-order valence-corrected chi connectivity index (χ3v) is 8.00. The van der Waals surface area contributed by atoms with E-state index in [-0.39, 0.29) is 25.2 Å². The summed E-state index contributed by atoms with van der Waals surface area (Å²) in [5.41, 5.74) is 0. The average Bonchev–Trinajstić information content (AvgIpc) is 2.99. The van der Waals surface area contributed by atoms with Crippen molar-refractivity contribution in [1.82, 2.24) is 0 Å². The van der Waals surface area contributed by atoms with Crippen LogP contribution in [0.5, 0.6) is 0 Å². The molecule has 0 heterocycles. The smallest absolute Gasteiger partial charge is 0.305 e. The Labute approximate surface area is 261 Å². The SMILES string of the molecule is CCCCCCCC/C=C\CCCC(=O)OC[C@H](O)COC(=O)CCCCCCCCCCCCCCCCCCC. The van der Waals surface area contributed by atoms with Gasteiger partial charge in [-0.1, -0.05) is 161 Å². The summed E-state index contributed by atoms with van der Waals surface area (Å²) in [7, 11) is 0. The highest BCUT2D eigenvalue weighted by molar-refractivity contribution is 5.69. The molecule has 0 saturated carbocycles. The topological polar surface area (TPSA) is 72.8 Å². The molecule has 5 nitrogen and oxygen atoms in total. The molecule has 0 amide bonds. The number of ether oxygens (including phenoxy) is 2. The maximum absolute atomic E-state index is 11.9. The lowest BCUT2D eigenvalue weighted by molar-refractivity contribution is -0.152. The lowest BCUT2D eigenvalue weighted by atomic mass is 10.0. The molecule has 0 bridgehead atoms. The monoisotopic (exact) mass is 595 g/mol. The highest BCUT2D eigenvalue weighted by Gasteiger charge is 2.12. The summed E-state index contributed by atoms with van der Waals surface area (Å²) in [4.78, 5) is 23.8. The molecule has 0 aliphatic heterocycles. The number of hydrogen-bond acceptors (Lipinski definition) is 5. The minimum atomic E-state index is -0.967. The first-order valence-electron chi connectivity index (χ1n) is 18.2. The second-order valence-corrected chi connectivity index (χ2v) is 12.3. The van der Waals surface area contributed by atoms with E-state index in [9.17, 15) is 14.7 Å². The van der Waals surface area contributed by atoms with E-state index in [1.807, 2.05) is 0 Å². The maximum atomic E-state index is 11.9. The van der Waals surface area contributed by atoms with Crippen molar-refractivity contribution in [3.63, 3.8) is 0 Å². The van der Waals surface area contributed by atoms with Crippen LogP contribution in [0.1, 0.15) is 194 Å². The first kappa shape index (κ1) is 40.6. The Kier molecular flexibility index (Phi) is 33.0. The highest BCUT2D eigenvalue weighted by Crippen LogP contribution is 2.14. The van der Waals surface area contributed by atoms with Crippen LogP contribution < -0.4 is 0 Å². The quantitative estimate of drug-likeness (QED) is 0.0465. The third kappa shape index (κ3) is 33.1. The molecule has 0 aliphatic rings. The van der Waals surface area contributed by atoms with Gasteiger partial charge in [0, 0.05) is 12.8 Å². The van der Waals surface area contributed by atoms with Gasteiger partial charge >= 0.3 is 11.9 Å². The van der Waals surface area contributed by atoms with Gasteiger partial charge in [-0.15, -0.1) is 0 Å². The predicted molar refractivity (Wildman–Crippen MR) is 178 cm³/mol. The van der Waals surface area contributed by atoms with E-state index < -0.39 is 6.10 Å². The van der Waals surface area contributed by atoms with Crippen molar-refractivity contribution in [1.29, 1.82) is 0 Å². The van der Waals surface area contributed by atoms with Crippen molar-refractivity contribution in [2.45, 2.75) is 200 Å². The number of rotatable bonds is 33. The molecule has 0 aromatic carbocycles. The van der Waals surface area contributed by atoms with Crippen molar-refractivity contribution < 1.29 is 24.2 Å². The molecule has 0 radical (unpaired) electrons. The van der Waals surface area contributed by atoms with Crippen molar-refractivity contribution >= 4 is 11.9 Å². The van der Waals surface area contributed by atoms with Gasteiger partial charge in [-0.2, -0.15) is 0 Å². The fraction of sp³-hybridized carbons (Fsp3) is 0.892. The van der Waals surface area contributed by atoms with Gasteiger partial charge in [0.1, 0.15) is 19.3 Å². The van der Waals surface area contributed by atoms with Crippen molar-refractivity contribution in [3.8, 4) is 0 Å². The Morgan fingerprint density at radius 2 is 0.786 bits per heavy atom. The molecule has 0 aliphatic carbocycles. The minimum Gasteiger partial charge on any atom is -0.463 e. The van der Waals surface area contributed by atoms with E-state index in [1.54, 1.807) is 0 Å². The lowest BCUT2D eigenvalue weighted by Gasteiger charge is -2.12. The van der Waals surface area contributed by atoms with Crippen LogP contribution >= 0.6 is 0 Å². The Morgan fingerprint density at radius 1 is 0.476 bits per heavy atom. The number of aliphatic hydroxyl groups excluding tert-OH is 1. The van der Waals surface area contributed by atoms with Crippen LogP contribution in [-0.2, 0) is 19.1 Å². The highest BCUT2D eigenvalue weighted by atomic mass is 16.6. The van der Waals surface area contributed by atoms with Gasteiger partial charge in [0.15, 0.2) is 0 Å². The van der Waals surface area contributed by atoms with Crippen molar-refractivity contribution in [3.05, 3.63) is 12.2 Å². The molecule has 0 unspecified atom stereocenters. The standard InChI is InChI=1S/C37H70O5/c1-3-5-7-9-11-13-15-16-17-18-19-20-22-24-26-28-30-32-37(40)42-34-35(38)33-41-36(39)31-29-27-25-23-21-14-12-10-8-6-4-2/h23,25,35,38H,3-22,24,26-34H2,1-2H3/b25-23-/t35-/m0/s1. The van der Waals surface area contributed by atoms with E-state index in [2.05, 4.69) is 26.0 Å². The van der Waals surface area contributed by atoms with Gasteiger partial charge in [-0.3, -0.25) is 9.59 Å². The van der Waals surface area contributed by atoms with Crippen LogP contribution in [0.15, 0.2) is 12.2 Å². The summed E-state index contributed by atoms with van der Waals surface area (Å²) < 4.78 is 10.3. The Morgan fingerprint density at radius 3 is 1.19 bits per heavy atom. The van der Waals surface area contributed by atoms with E-state index in [0.717, 1.165) is 32.1 Å². The second-order valence-electron chi connectivity index (χ2n) is 12.3. The zero-order valence-corrected chi connectivity index (χ0v) is 28.0. The van der Waals surface area contributed by atoms with Crippen LogP contribution in [-0.4, -0.2) is 36.4 Å². The molecule has 42 heavy (non-hydrogen) atoms. The van der Waals surface area contributed by atoms with Gasteiger partial charge in [0.2, 0.25) is 0 Å². The molecule has 5 heteroatoms. The van der Waals surface area contributed by atoms with Gasteiger partial charge in [0.05, 0.1) is 0 Å². The Bertz CT molecular complexity index is 603. The number of aliphatic hydroxyl groups is 1. The second kappa shape index (κ2) is 34.1. The number of hydrogen-bond donors (Lipinski definition) is 1. The lowest BCUT2D eigenvalue weighted by Crippen LogP contribution is -2.25. The number of unbranched alkanes of at least 4 members (excludes halogenated alkanes) is 23. The van der Waals surface area contributed by atoms with Gasteiger partial charge in [0.25, 0.3) is 0 Å². The van der Waals surface area contributed by atoms with Gasteiger partial charge in [-0.25, -0.2) is 0 Å². The normalized spacial score (nSPS) is 12.2. The molecule has 248 valence electrons. The number of carbonyl (C=O) groups is 2. The summed E-state index contributed by atoms with van der Waals surface area (Å²) in [6, 6.07) is 0. The fourth-order valence-corrected chi connectivity index (χ4v) is 5.21. The molecule has 0 saturated heterocycles. The van der Waals surface area contributed by atoms with Crippen LogP contribution in [0, 0.1) is 0 Å². The molecule has 0 fully saturated rings. The van der Waals surface area contributed by atoms with Crippen molar-refractivity contribution in [2.75, 3.05) is 13.2 Å². The van der Waals surface area contributed by atoms with Crippen LogP contribution in [0.4, 0.5) is 0 Å². The molecule has 1 N–H and O–H groups in total. The van der Waals surface area contributed by atoms with E-state index in [0.29, 0.717) is 12.8 Å². The summed E-state index contributed by atoms with van der Waals surface area (Å²) >= 11 is 0. The van der Waals surface area contributed by atoms with E-state index >= 15 is 0 Å².